The Labute approximate surface area is 83.8 Å². The lowest BCUT2D eigenvalue weighted by Gasteiger charge is -2.35. The van der Waals surface area contributed by atoms with Crippen LogP contribution >= 0.6 is 0 Å². The summed E-state index contributed by atoms with van der Waals surface area (Å²) < 4.78 is 5.24. The minimum Gasteiger partial charge on any atom is -0.394 e. The Morgan fingerprint density at radius 3 is 2.86 bits per heavy atom. The van der Waals surface area contributed by atoms with Crippen LogP contribution in [-0.4, -0.2) is 53.9 Å². The van der Waals surface area contributed by atoms with Crippen molar-refractivity contribution in [3.8, 4) is 0 Å². The molecule has 1 amide bonds. The lowest BCUT2D eigenvalue weighted by atomic mass is 10.0. The van der Waals surface area contributed by atoms with Gasteiger partial charge < -0.3 is 20.5 Å². The van der Waals surface area contributed by atoms with Crippen molar-refractivity contribution in [2.45, 2.75) is 25.5 Å². The first-order chi connectivity index (χ1) is 6.45. The monoisotopic (exact) mass is 202 g/mol. The zero-order valence-electron chi connectivity index (χ0n) is 8.69. The normalized spacial score (nSPS) is 23.7. The molecule has 1 saturated heterocycles. The van der Waals surface area contributed by atoms with Crippen LogP contribution in [0.3, 0.4) is 0 Å². The Morgan fingerprint density at radius 2 is 2.36 bits per heavy atom. The molecule has 1 fully saturated rings. The summed E-state index contributed by atoms with van der Waals surface area (Å²) in [5.41, 5.74) is 4.85. The molecule has 1 atom stereocenters. The van der Waals surface area contributed by atoms with Crippen molar-refractivity contribution in [3.05, 3.63) is 0 Å². The SMILES string of the molecule is CC(C)(N)C(=O)N1CCOC(CO)C1. The van der Waals surface area contributed by atoms with Crippen LogP contribution < -0.4 is 5.73 Å². The molecule has 1 aliphatic heterocycles. The second kappa shape index (κ2) is 4.25. The highest BCUT2D eigenvalue weighted by molar-refractivity contribution is 5.85. The summed E-state index contributed by atoms with van der Waals surface area (Å²) in [4.78, 5) is 13.4. The molecule has 82 valence electrons. The van der Waals surface area contributed by atoms with Crippen LogP contribution in [0.1, 0.15) is 13.8 Å². The first kappa shape index (κ1) is 11.4. The minimum atomic E-state index is -0.850. The van der Waals surface area contributed by atoms with Gasteiger partial charge in [-0.2, -0.15) is 0 Å². The van der Waals surface area contributed by atoms with E-state index >= 15 is 0 Å². The zero-order chi connectivity index (χ0) is 10.8. The van der Waals surface area contributed by atoms with Gasteiger partial charge in [0, 0.05) is 13.1 Å². The van der Waals surface area contributed by atoms with E-state index in [2.05, 4.69) is 0 Å². The third-order valence-electron chi connectivity index (χ3n) is 2.18. The predicted octanol–water partition coefficient (Wildman–Crippen LogP) is -1.06. The molecular formula is C9H18N2O3. The molecule has 1 rings (SSSR count). The van der Waals surface area contributed by atoms with Crippen molar-refractivity contribution < 1.29 is 14.6 Å². The number of nitrogens with zero attached hydrogens (tertiary/aromatic N) is 1. The van der Waals surface area contributed by atoms with Gasteiger partial charge in [-0.25, -0.2) is 0 Å². The van der Waals surface area contributed by atoms with E-state index in [4.69, 9.17) is 15.6 Å². The number of hydrogen-bond acceptors (Lipinski definition) is 4. The van der Waals surface area contributed by atoms with Gasteiger partial charge in [-0.1, -0.05) is 0 Å². The first-order valence-corrected chi connectivity index (χ1v) is 4.76. The van der Waals surface area contributed by atoms with Crippen LogP contribution in [0.5, 0.6) is 0 Å². The maximum Gasteiger partial charge on any atom is 0.242 e. The van der Waals surface area contributed by atoms with Crippen molar-refractivity contribution in [1.82, 2.24) is 4.90 Å². The van der Waals surface area contributed by atoms with E-state index in [1.54, 1.807) is 18.7 Å². The molecule has 0 aromatic heterocycles. The van der Waals surface area contributed by atoms with Crippen molar-refractivity contribution in [3.63, 3.8) is 0 Å². The fraction of sp³-hybridized carbons (Fsp3) is 0.889. The Hall–Kier alpha value is -0.650. The van der Waals surface area contributed by atoms with Gasteiger partial charge in [0.05, 0.1) is 24.9 Å². The third kappa shape index (κ3) is 2.67. The number of hydrogen-bond donors (Lipinski definition) is 2. The molecule has 0 spiro atoms. The van der Waals surface area contributed by atoms with E-state index in [0.29, 0.717) is 19.7 Å². The van der Waals surface area contributed by atoms with E-state index in [0.717, 1.165) is 0 Å². The fourth-order valence-electron chi connectivity index (χ4n) is 1.42. The molecule has 0 saturated carbocycles. The number of amides is 1. The molecule has 1 unspecified atom stereocenters. The van der Waals surface area contributed by atoms with E-state index < -0.39 is 5.54 Å². The number of carbonyl (C=O) groups excluding carboxylic acids is 1. The van der Waals surface area contributed by atoms with Crippen molar-refractivity contribution in [1.29, 1.82) is 0 Å². The summed E-state index contributed by atoms with van der Waals surface area (Å²) in [6.07, 6.45) is -0.268. The molecule has 14 heavy (non-hydrogen) atoms. The number of aliphatic hydroxyl groups is 1. The summed E-state index contributed by atoms with van der Waals surface area (Å²) in [5, 5.41) is 8.90. The average Bonchev–Trinajstić information content (AvgIpc) is 2.15. The van der Waals surface area contributed by atoms with E-state index in [1.807, 2.05) is 0 Å². The topological polar surface area (TPSA) is 75.8 Å². The number of morpholine rings is 1. The molecule has 5 heteroatoms. The standard InChI is InChI=1S/C9H18N2O3/c1-9(2,10)8(13)11-3-4-14-7(5-11)6-12/h7,12H,3-6,10H2,1-2H3. The molecule has 3 N–H and O–H groups in total. The van der Waals surface area contributed by atoms with Gasteiger partial charge in [0.15, 0.2) is 0 Å². The van der Waals surface area contributed by atoms with E-state index in [9.17, 15) is 4.79 Å². The largest absolute Gasteiger partial charge is 0.394 e. The van der Waals surface area contributed by atoms with Crippen LogP contribution in [0.15, 0.2) is 0 Å². The zero-order valence-corrected chi connectivity index (χ0v) is 8.69. The second-order valence-corrected chi connectivity index (χ2v) is 4.15. The molecular weight excluding hydrogens is 184 g/mol. The first-order valence-electron chi connectivity index (χ1n) is 4.76. The number of carbonyl (C=O) groups is 1. The van der Waals surface area contributed by atoms with Crippen molar-refractivity contribution in [2.75, 3.05) is 26.3 Å². The third-order valence-corrected chi connectivity index (χ3v) is 2.18. The molecule has 0 radical (unpaired) electrons. The maximum atomic E-state index is 11.7. The lowest BCUT2D eigenvalue weighted by molar-refractivity contribution is -0.144. The van der Waals surface area contributed by atoms with Gasteiger partial charge in [0.2, 0.25) is 5.91 Å². The van der Waals surface area contributed by atoms with Crippen molar-refractivity contribution in [2.24, 2.45) is 5.73 Å². The van der Waals surface area contributed by atoms with Gasteiger partial charge in [-0.15, -0.1) is 0 Å². The molecule has 1 heterocycles. The lowest BCUT2D eigenvalue weighted by Crippen LogP contribution is -2.56. The number of aliphatic hydroxyl groups excluding tert-OH is 1. The van der Waals surface area contributed by atoms with Crippen LogP contribution in [0.4, 0.5) is 0 Å². The van der Waals surface area contributed by atoms with Gasteiger partial charge in [0.25, 0.3) is 0 Å². The highest BCUT2D eigenvalue weighted by Gasteiger charge is 2.31. The Morgan fingerprint density at radius 1 is 1.71 bits per heavy atom. The predicted molar refractivity (Wildman–Crippen MR) is 51.7 cm³/mol. The quantitative estimate of drug-likeness (QED) is 0.598. The van der Waals surface area contributed by atoms with Crippen LogP contribution in [0.2, 0.25) is 0 Å². The molecule has 5 nitrogen and oxygen atoms in total. The minimum absolute atomic E-state index is 0.0607. The summed E-state index contributed by atoms with van der Waals surface area (Å²) >= 11 is 0. The fourth-order valence-corrected chi connectivity index (χ4v) is 1.42. The van der Waals surface area contributed by atoms with E-state index in [-0.39, 0.29) is 18.6 Å². The van der Waals surface area contributed by atoms with Gasteiger partial charge >= 0.3 is 0 Å². The Kier molecular flexibility index (Phi) is 3.47. The maximum absolute atomic E-state index is 11.7. The van der Waals surface area contributed by atoms with Crippen LogP contribution in [-0.2, 0) is 9.53 Å². The highest BCUT2D eigenvalue weighted by atomic mass is 16.5. The van der Waals surface area contributed by atoms with E-state index in [1.165, 1.54) is 0 Å². The summed E-state index contributed by atoms with van der Waals surface area (Å²) in [7, 11) is 0. The smallest absolute Gasteiger partial charge is 0.242 e. The van der Waals surface area contributed by atoms with Gasteiger partial charge in [-0.05, 0) is 13.8 Å². The molecule has 1 aliphatic rings. The average molecular weight is 202 g/mol. The molecule has 0 aromatic carbocycles. The van der Waals surface area contributed by atoms with Gasteiger partial charge in [0.1, 0.15) is 0 Å². The number of ether oxygens (including phenoxy) is 1. The summed E-state index contributed by atoms with van der Waals surface area (Å²) in [6.45, 7) is 4.74. The summed E-state index contributed by atoms with van der Waals surface area (Å²) in [5.74, 6) is -0.0979. The molecule has 0 aromatic rings. The molecule has 0 aliphatic carbocycles. The Bertz CT molecular complexity index is 213. The van der Waals surface area contributed by atoms with Crippen LogP contribution in [0, 0.1) is 0 Å². The van der Waals surface area contributed by atoms with Gasteiger partial charge in [-0.3, -0.25) is 4.79 Å². The number of rotatable bonds is 2. The molecule has 0 bridgehead atoms. The number of nitrogens with two attached hydrogens (primary N) is 1. The Balaban J connectivity index is 2.56. The van der Waals surface area contributed by atoms with Crippen LogP contribution in [0.25, 0.3) is 0 Å². The summed E-state index contributed by atoms with van der Waals surface area (Å²) in [6, 6.07) is 0. The second-order valence-electron chi connectivity index (χ2n) is 4.15. The highest BCUT2D eigenvalue weighted by Crippen LogP contribution is 2.10. The van der Waals surface area contributed by atoms with Crippen molar-refractivity contribution >= 4 is 5.91 Å².